The van der Waals surface area contributed by atoms with E-state index in [2.05, 4.69) is 6.92 Å². The first-order chi connectivity index (χ1) is 8.74. The standard InChI is InChI=1S/C17H30O/c1-12-9-15-11-14(13-5-3-2-4-6-13)7-8-16(15)17(18)10-12/h12-18H,2-11H2,1H3. The average Bonchev–Trinajstić information content (AvgIpc) is 2.39. The van der Waals surface area contributed by atoms with E-state index >= 15 is 0 Å². The second-order valence-corrected chi connectivity index (χ2v) is 7.54. The highest BCUT2D eigenvalue weighted by Gasteiger charge is 2.41. The van der Waals surface area contributed by atoms with Crippen LogP contribution in [0.3, 0.4) is 0 Å². The van der Waals surface area contributed by atoms with Gasteiger partial charge >= 0.3 is 0 Å². The van der Waals surface area contributed by atoms with E-state index in [1.807, 2.05) is 0 Å². The summed E-state index contributed by atoms with van der Waals surface area (Å²) in [5.74, 6) is 4.30. The van der Waals surface area contributed by atoms with Crippen LogP contribution < -0.4 is 0 Å². The molecule has 1 heteroatoms. The van der Waals surface area contributed by atoms with Gasteiger partial charge in [0.15, 0.2) is 0 Å². The molecular formula is C17H30O. The van der Waals surface area contributed by atoms with Gasteiger partial charge in [0.1, 0.15) is 0 Å². The van der Waals surface area contributed by atoms with Crippen LogP contribution in [0.4, 0.5) is 0 Å². The number of hydrogen-bond acceptors (Lipinski definition) is 1. The molecule has 5 atom stereocenters. The molecule has 0 heterocycles. The van der Waals surface area contributed by atoms with Crippen molar-refractivity contribution in [2.45, 2.75) is 77.2 Å². The van der Waals surface area contributed by atoms with Gasteiger partial charge in [0.05, 0.1) is 6.10 Å². The number of rotatable bonds is 1. The summed E-state index contributed by atoms with van der Waals surface area (Å²) >= 11 is 0. The SMILES string of the molecule is CC1CC(O)C2CCC(C3CCCCC3)CC2C1. The Morgan fingerprint density at radius 2 is 1.50 bits per heavy atom. The van der Waals surface area contributed by atoms with Crippen LogP contribution in [0.15, 0.2) is 0 Å². The number of fused-ring (bicyclic) bond motifs is 1. The maximum Gasteiger partial charge on any atom is 0.0573 e. The van der Waals surface area contributed by atoms with Gasteiger partial charge in [0, 0.05) is 0 Å². The maximum absolute atomic E-state index is 10.3. The van der Waals surface area contributed by atoms with Crippen molar-refractivity contribution < 1.29 is 5.11 Å². The lowest BCUT2D eigenvalue weighted by molar-refractivity contribution is -0.0312. The third-order valence-electron chi connectivity index (χ3n) is 6.24. The summed E-state index contributed by atoms with van der Waals surface area (Å²) in [4.78, 5) is 0. The summed E-state index contributed by atoms with van der Waals surface area (Å²) in [6.07, 6.45) is 14.1. The molecule has 0 bridgehead atoms. The van der Waals surface area contributed by atoms with E-state index in [0.29, 0.717) is 5.92 Å². The van der Waals surface area contributed by atoms with Crippen molar-refractivity contribution in [2.24, 2.45) is 29.6 Å². The molecule has 3 aliphatic carbocycles. The largest absolute Gasteiger partial charge is 0.393 e. The molecule has 1 N–H and O–H groups in total. The fraction of sp³-hybridized carbons (Fsp3) is 1.00. The predicted molar refractivity (Wildman–Crippen MR) is 75.3 cm³/mol. The topological polar surface area (TPSA) is 20.2 Å². The van der Waals surface area contributed by atoms with Gasteiger partial charge in [-0.1, -0.05) is 39.0 Å². The Hall–Kier alpha value is -0.0400. The molecule has 104 valence electrons. The normalized spacial score (nSPS) is 46.7. The van der Waals surface area contributed by atoms with E-state index < -0.39 is 0 Å². The summed E-state index contributed by atoms with van der Waals surface area (Å²) in [6.45, 7) is 2.34. The molecule has 1 nitrogen and oxygen atoms in total. The molecule has 0 aromatic rings. The van der Waals surface area contributed by atoms with Crippen molar-refractivity contribution in [3.63, 3.8) is 0 Å². The summed E-state index contributed by atoms with van der Waals surface area (Å²) in [5.41, 5.74) is 0. The monoisotopic (exact) mass is 250 g/mol. The Balaban J connectivity index is 1.61. The number of aliphatic hydroxyl groups is 1. The molecule has 3 rings (SSSR count). The van der Waals surface area contributed by atoms with Gasteiger partial charge in [0.25, 0.3) is 0 Å². The number of hydrogen-bond donors (Lipinski definition) is 1. The third-order valence-corrected chi connectivity index (χ3v) is 6.24. The highest BCUT2D eigenvalue weighted by molar-refractivity contribution is 4.91. The molecule has 0 aromatic carbocycles. The molecule has 3 saturated carbocycles. The summed E-state index contributed by atoms with van der Waals surface area (Å²) in [5, 5.41) is 10.3. The number of aliphatic hydroxyl groups excluding tert-OH is 1. The molecule has 3 aliphatic rings. The molecule has 0 amide bonds. The van der Waals surface area contributed by atoms with Crippen molar-refractivity contribution in [3.8, 4) is 0 Å². The summed E-state index contributed by atoms with van der Waals surface area (Å²) < 4.78 is 0. The van der Waals surface area contributed by atoms with Gasteiger partial charge in [-0.15, -0.1) is 0 Å². The van der Waals surface area contributed by atoms with Crippen molar-refractivity contribution in [1.29, 1.82) is 0 Å². The van der Waals surface area contributed by atoms with Crippen molar-refractivity contribution in [1.82, 2.24) is 0 Å². The fourth-order valence-corrected chi connectivity index (χ4v) is 5.34. The highest BCUT2D eigenvalue weighted by Crippen LogP contribution is 2.48. The summed E-state index contributed by atoms with van der Waals surface area (Å²) in [7, 11) is 0. The minimum atomic E-state index is 0.0195. The lowest BCUT2D eigenvalue weighted by Crippen LogP contribution is -2.41. The molecule has 0 aromatic heterocycles. The zero-order valence-corrected chi connectivity index (χ0v) is 12.0. The zero-order valence-electron chi connectivity index (χ0n) is 12.0. The van der Waals surface area contributed by atoms with Crippen LogP contribution in [-0.2, 0) is 0 Å². The Labute approximate surface area is 112 Å². The minimum Gasteiger partial charge on any atom is -0.393 e. The fourth-order valence-electron chi connectivity index (χ4n) is 5.34. The Kier molecular flexibility index (Phi) is 3.98. The Morgan fingerprint density at radius 1 is 0.722 bits per heavy atom. The van der Waals surface area contributed by atoms with Gasteiger partial charge in [-0.05, 0) is 61.7 Å². The lowest BCUT2D eigenvalue weighted by Gasteiger charge is -2.46. The third kappa shape index (κ3) is 2.61. The molecule has 5 unspecified atom stereocenters. The summed E-state index contributed by atoms with van der Waals surface area (Å²) in [6, 6.07) is 0. The van der Waals surface area contributed by atoms with Crippen LogP contribution >= 0.6 is 0 Å². The predicted octanol–water partition coefficient (Wildman–Crippen LogP) is 4.39. The molecule has 18 heavy (non-hydrogen) atoms. The highest BCUT2D eigenvalue weighted by atomic mass is 16.3. The van der Waals surface area contributed by atoms with Crippen LogP contribution in [0.5, 0.6) is 0 Å². The molecule has 0 spiro atoms. The van der Waals surface area contributed by atoms with Crippen molar-refractivity contribution in [2.75, 3.05) is 0 Å². The first-order valence-electron chi connectivity index (χ1n) is 8.42. The Morgan fingerprint density at radius 3 is 2.28 bits per heavy atom. The van der Waals surface area contributed by atoms with E-state index in [0.717, 1.165) is 30.1 Å². The Bertz CT molecular complexity index is 269. The van der Waals surface area contributed by atoms with Gasteiger partial charge in [-0.25, -0.2) is 0 Å². The molecule has 3 fully saturated rings. The van der Waals surface area contributed by atoms with Crippen molar-refractivity contribution >= 4 is 0 Å². The van der Waals surface area contributed by atoms with Gasteiger partial charge < -0.3 is 5.11 Å². The lowest BCUT2D eigenvalue weighted by atomic mass is 9.61. The first-order valence-corrected chi connectivity index (χ1v) is 8.42. The first kappa shape index (κ1) is 13.0. The quantitative estimate of drug-likeness (QED) is 0.732. The second kappa shape index (κ2) is 5.53. The van der Waals surface area contributed by atoms with E-state index in [-0.39, 0.29) is 6.10 Å². The van der Waals surface area contributed by atoms with Gasteiger partial charge in [0.2, 0.25) is 0 Å². The maximum atomic E-state index is 10.3. The molecular weight excluding hydrogens is 220 g/mol. The smallest absolute Gasteiger partial charge is 0.0573 e. The van der Waals surface area contributed by atoms with Crippen LogP contribution in [0.1, 0.15) is 71.1 Å². The molecule has 0 saturated heterocycles. The average molecular weight is 250 g/mol. The van der Waals surface area contributed by atoms with Crippen LogP contribution in [0.2, 0.25) is 0 Å². The van der Waals surface area contributed by atoms with Crippen LogP contribution in [0, 0.1) is 29.6 Å². The van der Waals surface area contributed by atoms with Crippen LogP contribution in [0.25, 0.3) is 0 Å². The zero-order chi connectivity index (χ0) is 12.5. The van der Waals surface area contributed by atoms with Gasteiger partial charge in [-0.3, -0.25) is 0 Å². The van der Waals surface area contributed by atoms with Crippen LogP contribution in [-0.4, -0.2) is 11.2 Å². The van der Waals surface area contributed by atoms with E-state index in [4.69, 9.17) is 0 Å². The van der Waals surface area contributed by atoms with Crippen molar-refractivity contribution in [3.05, 3.63) is 0 Å². The minimum absolute atomic E-state index is 0.0195. The molecule has 0 aliphatic heterocycles. The van der Waals surface area contributed by atoms with E-state index in [9.17, 15) is 5.11 Å². The van der Waals surface area contributed by atoms with E-state index in [1.165, 1.54) is 57.8 Å². The van der Waals surface area contributed by atoms with Gasteiger partial charge in [-0.2, -0.15) is 0 Å². The second-order valence-electron chi connectivity index (χ2n) is 7.54. The van der Waals surface area contributed by atoms with E-state index in [1.54, 1.807) is 0 Å². The molecule has 0 radical (unpaired) electrons.